The Labute approximate surface area is 231 Å². The van der Waals surface area contributed by atoms with Gasteiger partial charge in [0.2, 0.25) is 33.7 Å². The molecule has 0 aromatic carbocycles. The number of carbonyl (C=O) groups is 3. The van der Waals surface area contributed by atoms with E-state index in [4.69, 9.17) is 4.74 Å². The number of alkyl halides is 2. The Hall–Kier alpha value is -1.98. The van der Waals surface area contributed by atoms with Crippen molar-refractivity contribution >= 4 is 27.7 Å². The molecule has 226 valence electrons. The van der Waals surface area contributed by atoms with Gasteiger partial charge in [0.25, 0.3) is 0 Å². The Bertz CT molecular complexity index is 1120. The van der Waals surface area contributed by atoms with E-state index < -0.39 is 70.3 Å². The van der Waals surface area contributed by atoms with E-state index in [1.54, 1.807) is 0 Å². The Morgan fingerprint density at radius 2 is 1.68 bits per heavy atom. The van der Waals surface area contributed by atoms with Gasteiger partial charge >= 0.3 is 0 Å². The SMILES string of the molecule is CS(=O)(=O)N1CCN2C[C@H]1C(=O)NC[C@H]1O[C@@H](CC(=O)N[C@H]3C[C@@H](C2=O)N(C2CCC(F)(F)CC2)C3)[C@H](O)[C@@H]1O. The number of ether oxygens (including phenoxy) is 1. The van der Waals surface area contributed by atoms with Crippen molar-refractivity contribution < 1.29 is 46.5 Å². The summed E-state index contributed by atoms with van der Waals surface area (Å²) >= 11 is 0. The quantitative estimate of drug-likeness (QED) is 0.273. The molecule has 40 heavy (non-hydrogen) atoms. The molecule has 0 aromatic rings. The third kappa shape index (κ3) is 5.97. The molecule has 4 heterocycles. The van der Waals surface area contributed by atoms with Crippen LogP contribution in [0.3, 0.4) is 0 Å². The summed E-state index contributed by atoms with van der Waals surface area (Å²) in [6.07, 6.45) is -4.18. The third-order valence-corrected chi connectivity index (χ3v) is 10.1. The van der Waals surface area contributed by atoms with Gasteiger partial charge < -0.3 is 30.5 Å². The minimum atomic E-state index is -3.82. The number of nitrogens with one attached hydrogen (secondary N) is 2. The van der Waals surface area contributed by atoms with Gasteiger partial charge in [0.15, 0.2) is 0 Å². The number of piperazine rings is 1. The number of hydrogen-bond acceptors (Lipinski definition) is 9. The van der Waals surface area contributed by atoms with Crippen molar-refractivity contribution in [2.45, 2.75) is 93.0 Å². The summed E-state index contributed by atoms with van der Waals surface area (Å²) in [4.78, 5) is 43.3. The zero-order valence-electron chi connectivity index (χ0n) is 22.2. The van der Waals surface area contributed by atoms with Crippen LogP contribution < -0.4 is 10.6 Å². The molecule has 5 aliphatic rings. The summed E-state index contributed by atoms with van der Waals surface area (Å²) < 4.78 is 59.5. The number of aliphatic hydroxyl groups is 2. The van der Waals surface area contributed by atoms with Crippen LogP contribution in [0.5, 0.6) is 0 Å². The fraction of sp³-hybridized carbons (Fsp3) is 0.875. The normalized spacial score (nSPS) is 38.8. The lowest BCUT2D eigenvalue weighted by Crippen LogP contribution is -2.63. The Kier molecular flexibility index (Phi) is 8.13. The average Bonchev–Trinajstić information content (AvgIpc) is 3.41. The topological polar surface area (TPSA) is 169 Å². The maximum atomic E-state index is 13.9. The predicted molar refractivity (Wildman–Crippen MR) is 134 cm³/mol. The lowest BCUT2D eigenvalue weighted by atomic mass is 9.90. The van der Waals surface area contributed by atoms with Crippen LogP contribution >= 0.6 is 0 Å². The summed E-state index contributed by atoms with van der Waals surface area (Å²) in [5, 5.41) is 26.4. The van der Waals surface area contributed by atoms with Crippen molar-refractivity contribution in [1.82, 2.24) is 24.7 Å². The van der Waals surface area contributed by atoms with Crippen molar-refractivity contribution in [3.05, 3.63) is 0 Å². The molecule has 0 aromatic heterocycles. The Morgan fingerprint density at radius 3 is 2.35 bits per heavy atom. The fourth-order valence-electron chi connectivity index (χ4n) is 6.71. The molecule has 5 fully saturated rings. The number of fused-ring (bicyclic) bond motifs is 6. The maximum absolute atomic E-state index is 13.9. The molecule has 7 atom stereocenters. The highest BCUT2D eigenvalue weighted by Gasteiger charge is 2.49. The van der Waals surface area contributed by atoms with Crippen LogP contribution in [-0.4, -0.2) is 144 Å². The molecule has 4 N–H and O–H groups in total. The summed E-state index contributed by atoms with van der Waals surface area (Å²) in [6, 6.07) is -2.76. The number of rotatable bonds is 2. The lowest BCUT2D eigenvalue weighted by Gasteiger charge is -2.42. The number of amides is 3. The van der Waals surface area contributed by atoms with Crippen LogP contribution in [0.15, 0.2) is 0 Å². The molecule has 4 saturated heterocycles. The molecule has 13 nitrogen and oxygen atoms in total. The zero-order chi connectivity index (χ0) is 29.0. The molecule has 3 amide bonds. The molecule has 1 saturated carbocycles. The number of hydrogen-bond donors (Lipinski definition) is 4. The number of carbonyl (C=O) groups excluding carboxylic acids is 3. The van der Waals surface area contributed by atoms with Crippen LogP contribution in [0, 0.1) is 0 Å². The smallest absolute Gasteiger partial charge is 0.248 e. The number of nitrogens with zero attached hydrogens (tertiary/aromatic N) is 3. The lowest BCUT2D eigenvalue weighted by molar-refractivity contribution is -0.141. The highest BCUT2D eigenvalue weighted by atomic mass is 32.2. The van der Waals surface area contributed by atoms with E-state index in [-0.39, 0.29) is 83.2 Å². The number of aliphatic hydroxyl groups excluding tert-OH is 2. The van der Waals surface area contributed by atoms with Crippen LogP contribution in [-0.2, 0) is 29.1 Å². The van der Waals surface area contributed by atoms with Gasteiger partial charge in [-0.15, -0.1) is 0 Å². The van der Waals surface area contributed by atoms with Crippen molar-refractivity contribution in [1.29, 1.82) is 0 Å². The first-order chi connectivity index (χ1) is 18.7. The molecule has 4 aliphatic heterocycles. The van der Waals surface area contributed by atoms with E-state index in [0.29, 0.717) is 0 Å². The van der Waals surface area contributed by atoms with Crippen molar-refractivity contribution in [3.8, 4) is 0 Å². The second kappa shape index (κ2) is 11.0. The minimum Gasteiger partial charge on any atom is -0.388 e. The molecule has 0 spiro atoms. The summed E-state index contributed by atoms with van der Waals surface area (Å²) in [5.41, 5.74) is 0. The third-order valence-electron chi connectivity index (χ3n) is 8.84. The highest BCUT2D eigenvalue weighted by molar-refractivity contribution is 7.88. The average molecular weight is 594 g/mol. The predicted octanol–water partition coefficient (Wildman–Crippen LogP) is -2.40. The second-order valence-corrected chi connectivity index (χ2v) is 13.6. The fourth-order valence-corrected chi connectivity index (χ4v) is 7.75. The Morgan fingerprint density at radius 1 is 1.00 bits per heavy atom. The highest BCUT2D eigenvalue weighted by Crippen LogP contribution is 2.38. The van der Waals surface area contributed by atoms with Gasteiger partial charge in [0.1, 0.15) is 24.4 Å². The first-order valence-electron chi connectivity index (χ1n) is 13.7. The standard InChI is InChI=1S/C24H37F2N5O8S/c1-40(37,38)31-7-6-29-12-16(31)22(35)27-10-18-21(34)20(33)17(39-18)9-19(32)28-13-8-15(23(29)36)30(11-13)14-2-4-24(25,26)5-3-14/h13-18,20-21,33-34H,2-12H2,1H3,(H,27,35)(H,28,32)/t13-,15-,16-,17-,18+,20-,21+/m0/s1. The second-order valence-electron chi connectivity index (χ2n) is 11.6. The molecule has 0 unspecified atom stereocenters. The summed E-state index contributed by atoms with van der Waals surface area (Å²) in [7, 11) is -3.82. The van der Waals surface area contributed by atoms with Gasteiger partial charge in [-0.25, -0.2) is 17.2 Å². The van der Waals surface area contributed by atoms with E-state index in [2.05, 4.69) is 10.6 Å². The molecular formula is C24H37F2N5O8S. The van der Waals surface area contributed by atoms with Gasteiger partial charge in [-0.3, -0.25) is 19.3 Å². The van der Waals surface area contributed by atoms with E-state index in [9.17, 15) is 41.8 Å². The minimum absolute atomic E-state index is 0.0398. The maximum Gasteiger partial charge on any atom is 0.248 e. The summed E-state index contributed by atoms with van der Waals surface area (Å²) in [5.74, 6) is -4.26. The van der Waals surface area contributed by atoms with Crippen molar-refractivity contribution in [3.63, 3.8) is 0 Å². The van der Waals surface area contributed by atoms with Crippen molar-refractivity contribution in [2.24, 2.45) is 0 Å². The monoisotopic (exact) mass is 593 g/mol. The van der Waals surface area contributed by atoms with Gasteiger partial charge in [-0.1, -0.05) is 0 Å². The van der Waals surface area contributed by atoms with E-state index in [1.807, 2.05) is 4.90 Å². The Balaban J connectivity index is 1.44. The number of halogens is 2. The zero-order valence-corrected chi connectivity index (χ0v) is 23.1. The van der Waals surface area contributed by atoms with Gasteiger partial charge in [-0.05, 0) is 19.3 Å². The van der Waals surface area contributed by atoms with Crippen LogP contribution in [0.25, 0.3) is 0 Å². The van der Waals surface area contributed by atoms with Gasteiger partial charge in [0, 0.05) is 57.6 Å². The van der Waals surface area contributed by atoms with E-state index in [0.717, 1.165) is 10.6 Å². The first-order valence-corrected chi connectivity index (χ1v) is 15.6. The molecular weight excluding hydrogens is 556 g/mol. The van der Waals surface area contributed by atoms with E-state index >= 15 is 0 Å². The van der Waals surface area contributed by atoms with Crippen LogP contribution in [0.4, 0.5) is 8.78 Å². The molecule has 0 radical (unpaired) electrons. The molecule has 1 aliphatic carbocycles. The number of likely N-dealkylation sites (tertiary alicyclic amines) is 1. The van der Waals surface area contributed by atoms with Crippen molar-refractivity contribution in [2.75, 3.05) is 39.0 Å². The van der Waals surface area contributed by atoms with Crippen LogP contribution in [0.2, 0.25) is 0 Å². The van der Waals surface area contributed by atoms with Gasteiger partial charge in [-0.2, -0.15) is 4.31 Å². The largest absolute Gasteiger partial charge is 0.388 e. The van der Waals surface area contributed by atoms with Gasteiger partial charge in [0.05, 0.1) is 24.8 Å². The first kappa shape index (κ1) is 29.5. The number of sulfonamides is 1. The van der Waals surface area contributed by atoms with E-state index in [1.165, 1.54) is 4.90 Å². The molecule has 5 rings (SSSR count). The summed E-state index contributed by atoms with van der Waals surface area (Å²) in [6.45, 7) is -0.290. The van der Waals surface area contributed by atoms with Crippen LogP contribution in [0.1, 0.15) is 38.5 Å². The molecule has 16 heteroatoms. The molecule has 6 bridgehead atoms.